The fourth-order valence-electron chi connectivity index (χ4n) is 4.82. The summed E-state index contributed by atoms with van der Waals surface area (Å²) in [7, 11) is 0. The van der Waals surface area contributed by atoms with E-state index in [0.29, 0.717) is 31.8 Å². The Bertz CT molecular complexity index is 886. The maximum atomic E-state index is 13.6. The van der Waals surface area contributed by atoms with E-state index in [1.54, 1.807) is 6.07 Å². The number of rotatable bonds is 6. The minimum absolute atomic E-state index is 0.0290. The third-order valence-corrected chi connectivity index (χ3v) is 6.39. The second kappa shape index (κ2) is 9.41. The normalized spacial score (nSPS) is 21.4. The molecule has 2 aromatic rings. The second-order valence-corrected chi connectivity index (χ2v) is 8.51. The lowest BCUT2D eigenvalue weighted by molar-refractivity contribution is -0.135. The highest BCUT2D eigenvalue weighted by atomic mass is 19.1. The van der Waals surface area contributed by atoms with Crippen molar-refractivity contribution < 1.29 is 14.0 Å². The lowest BCUT2D eigenvalue weighted by Crippen LogP contribution is -2.43. The second-order valence-electron chi connectivity index (χ2n) is 8.51. The smallest absolute Gasteiger partial charge is 0.223 e. The summed E-state index contributed by atoms with van der Waals surface area (Å²) in [5, 5.41) is 0. The van der Waals surface area contributed by atoms with Crippen LogP contribution in [-0.4, -0.2) is 40.7 Å². The van der Waals surface area contributed by atoms with Crippen LogP contribution in [0, 0.1) is 11.7 Å². The lowest BCUT2D eigenvalue weighted by Gasteiger charge is -2.30. The average molecular weight is 409 g/mol. The number of nitrogens with zero attached hydrogens (tertiary/aromatic N) is 2. The van der Waals surface area contributed by atoms with Gasteiger partial charge in [-0.3, -0.25) is 9.59 Å². The third kappa shape index (κ3) is 4.89. The Morgan fingerprint density at radius 1 is 1.03 bits per heavy atom. The number of amides is 2. The zero-order chi connectivity index (χ0) is 20.9. The summed E-state index contributed by atoms with van der Waals surface area (Å²) in [6.07, 6.45) is 4.62. The van der Waals surface area contributed by atoms with Crippen molar-refractivity contribution in [3.8, 4) is 0 Å². The molecule has 0 radical (unpaired) electrons. The van der Waals surface area contributed by atoms with Crippen LogP contribution in [0.2, 0.25) is 0 Å². The molecule has 0 aliphatic carbocycles. The number of halogens is 1. The number of benzene rings is 2. The van der Waals surface area contributed by atoms with Crippen molar-refractivity contribution in [1.29, 1.82) is 0 Å². The summed E-state index contributed by atoms with van der Waals surface area (Å²) in [5.74, 6) is 0.318. The van der Waals surface area contributed by atoms with Crippen LogP contribution in [0.4, 0.5) is 4.39 Å². The first kappa shape index (κ1) is 20.6. The predicted octanol–water partition coefficient (Wildman–Crippen LogP) is 4.19. The molecule has 0 spiro atoms. The zero-order valence-electron chi connectivity index (χ0n) is 17.3. The number of fused-ring (bicyclic) bond motifs is 1. The van der Waals surface area contributed by atoms with E-state index < -0.39 is 0 Å². The number of hydrogen-bond acceptors (Lipinski definition) is 2. The first-order valence-electron chi connectivity index (χ1n) is 11.0. The van der Waals surface area contributed by atoms with E-state index in [4.69, 9.17) is 0 Å². The fourth-order valence-corrected chi connectivity index (χ4v) is 4.82. The molecule has 2 aliphatic rings. The summed E-state index contributed by atoms with van der Waals surface area (Å²) in [4.78, 5) is 29.4. The molecular weight excluding hydrogens is 379 g/mol. The van der Waals surface area contributed by atoms with Crippen molar-refractivity contribution in [2.24, 2.45) is 5.92 Å². The van der Waals surface area contributed by atoms with Crippen molar-refractivity contribution in [1.82, 2.24) is 9.80 Å². The average Bonchev–Trinajstić information content (AvgIpc) is 3.11. The van der Waals surface area contributed by atoms with Gasteiger partial charge in [-0.2, -0.15) is 0 Å². The quantitative estimate of drug-likeness (QED) is 0.719. The van der Waals surface area contributed by atoms with Crippen LogP contribution in [0.1, 0.15) is 43.2 Å². The van der Waals surface area contributed by atoms with E-state index in [2.05, 4.69) is 12.1 Å². The fraction of sp³-hybridized carbons (Fsp3) is 0.440. The van der Waals surface area contributed by atoms with Gasteiger partial charge in [0.1, 0.15) is 5.82 Å². The van der Waals surface area contributed by atoms with Crippen LogP contribution in [-0.2, 0) is 22.6 Å². The van der Waals surface area contributed by atoms with Crippen molar-refractivity contribution in [3.63, 3.8) is 0 Å². The molecule has 2 saturated heterocycles. The zero-order valence-corrected chi connectivity index (χ0v) is 17.3. The Morgan fingerprint density at radius 3 is 2.63 bits per heavy atom. The van der Waals surface area contributed by atoms with Gasteiger partial charge in [0.2, 0.25) is 11.8 Å². The van der Waals surface area contributed by atoms with Gasteiger partial charge in [0.05, 0.1) is 6.04 Å². The summed E-state index contributed by atoms with van der Waals surface area (Å²) in [6, 6.07) is 16.7. The molecule has 2 fully saturated rings. The van der Waals surface area contributed by atoms with Crippen molar-refractivity contribution >= 4 is 11.8 Å². The Hall–Kier alpha value is -2.69. The van der Waals surface area contributed by atoms with Crippen molar-refractivity contribution in [2.75, 3.05) is 13.1 Å². The van der Waals surface area contributed by atoms with E-state index in [-0.39, 0.29) is 23.7 Å². The number of likely N-dealkylation sites (tertiary alicyclic amines) is 2. The number of aryl methyl sites for hydroxylation is 1. The summed E-state index contributed by atoms with van der Waals surface area (Å²) in [6.45, 7) is 1.73. The van der Waals surface area contributed by atoms with Crippen LogP contribution in [0.3, 0.4) is 0 Å². The van der Waals surface area contributed by atoms with Gasteiger partial charge in [-0.25, -0.2) is 4.39 Å². The molecule has 4 rings (SSSR count). The van der Waals surface area contributed by atoms with Crippen LogP contribution in [0.25, 0.3) is 0 Å². The van der Waals surface area contributed by atoms with Gasteiger partial charge in [-0.15, -0.1) is 0 Å². The minimum Gasteiger partial charge on any atom is -0.340 e. The molecule has 158 valence electrons. The van der Waals surface area contributed by atoms with E-state index in [0.717, 1.165) is 37.8 Å². The van der Waals surface area contributed by atoms with Crippen LogP contribution < -0.4 is 0 Å². The molecule has 0 unspecified atom stereocenters. The first-order chi connectivity index (χ1) is 14.6. The molecule has 2 amide bonds. The lowest BCUT2D eigenvalue weighted by atomic mass is 9.98. The molecule has 0 aromatic heterocycles. The van der Waals surface area contributed by atoms with E-state index in [9.17, 15) is 14.0 Å². The number of carbonyl (C=O) groups is 2. The van der Waals surface area contributed by atoms with Gasteiger partial charge < -0.3 is 9.80 Å². The van der Waals surface area contributed by atoms with E-state index >= 15 is 0 Å². The van der Waals surface area contributed by atoms with Gasteiger partial charge in [-0.05, 0) is 54.9 Å². The van der Waals surface area contributed by atoms with E-state index in [1.165, 1.54) is 17.7 Å². The summed E-state index contributed by atoms with van der Waals surface area (Å²) >= 11 is 0. The van der Waals surface area contributed by atoms with Crippen molar-refractivity contribution in [3.05, 3.63) is 71.5 Å². The Morgan fingerprint density at radius 2 is 1.83 bits per heavy atom. The molecule has 2 aromatic carbocycles. The van der Waals surface area contributed by atoms with Crippen LogP contribution >= 0.6 is 0 Å². The van der Waals surface area contributed by atoms with Crippen molar-refractivity contribution in [2.45, 2.75) is 51.1 Å². The Balaban J connectivity index is 1.38. The van der Waals surface area contributed by atoms with Gasteiger partial charge in [-0.1, -0.05) is 42.5 Å². The van der Waals surface area contributed by atoms with Crippen LogP contribution in [0.15, 0.2) is 54.6 Å². The predicted molar refractivity (Wildman–Crippen MR) is 114 cm³/mol. The van der Waals surface area contributed by atoms with Gasteiger partial charge in [0, 0.05) is 32.5 Å². The number of carbonyl (C=O) groups excluding carboxylic acids is 2. The highest BCUT2D eigenvalue weighted by Gasteiger charge is 2.41. The molecule has 2 aliphatic heterocycles. The molecule has 5 heteroatoms. The van der Waals surface area contributed by atoms with E-state index in [1.807, 2.05) is 34.1 Å². The Kier molecular flexibility index (Phi) is 6.46. The largest absolute Gasteiger partial charge is 0.340 e. The number of hydrogen-bond donors (Lipinski definition) is 0. The molecule has 4 nitrogen and oxygen atoms in total. The topological polar surface area (TPSA) is 40.6 Å². The molecule has 0 saturated carbocycles. The summed E-state index contributed by atoms with van der Waals surface area (Å²) in [5.41, 5.74) is 2.06. The molecule has 0 N–H and O–H groups in total. The highest BCUT2D eigenvalue weighted by Crippen LogP contribution is 2.32. The maximum absolute atomic E-state index is 13.6. The SMILES string of the molecule is O=C(CCCc1ccccc1)N1C[C@H]2CCCC(=O)N(Cc3cccc(F)c3)[C@H]2C1. The standard InChI is InChI=1S/C25H29FN2O2/c26-22-12-4-10-20(15-22)16-28-23-18-27(17-21(23)11-6-14-25(28)30)24(29)13-5-9-19-7-2-1-3-8-19/h1-4,7-8,10,12,15,21,23H,5-6,9,11,13-14,16-18H2/t21-,23+/m1/s1. The Labute approximate surface area is 177 Å². The molecule has 30 heavy (non-hydrogen) atoms. The summed E-state index contributed by atoms with van der Waals surface area (Å²) < 4.78 is 13.6. The first-order valence-corrected chi connectivity index (χ1v) is 11.0. The van der Waals surface area contributed by atoms with Gasteiger partial charge >= 0.3 is 0 Å². The molecule has 0 bridgehead atoms. The molecule has 2 atom stereocenters. The highest BCUT2D eigenvalue weighted by molar-refractivity contribution is 5.79. The molecule has 2 heterocycles. The van der Waals surface area contributed by atoms with Gasteiger partial charge in [0.15, 0.2) is 0 Å². The monoisotopic (exact) mass is 408 g/mol. The third-order valence-electron chi connectivity index (χ3n) is 6.39. The maximum Gasteiger partial charge on any atom is 0.223 e. The molecular formula is C25H29FN2O2. The van der Waals surface area contributed by atoms with Gasteiger partial charge in [0.25, 0.3) is 0 Å². The minimum atomic E-state index is -0.284. The van der Waals surface area contributed by atoms with Crippen LogP contribution in [0.5, 0.6) is 0 Å².